The molecule has 3 heterocycles. The van der Waals surface area contributed by atoms with Crippen LogP contribution >= 0.6 is 11.8 Å². The second-order valence-electron chi connectivity index (χ2n) is 11.2. The minimum absolute atomic E-state index is 0.202. The van der Waals surface area contributed by atoms with Gasteiger partial charge in [0.2, 0.25) is 0 Å². The number of fused-ring (bicyclic) bond motifs is 1. The molecular formula is C34H46N4O4S. The lowest BCUT2D eigenvalue weighted by molar-refractivity contribution is 0.136. The first-order valence-electron chi connectivity index (χ1n) is 15.0. The molecule has 8 nitrogen and oxygen atoms in total. The van der Waals surface area contributed by atoms with Gasteiger partial charge in [-0.2, -0.15) is 5.10 Å². The van der Waals surface area contributed by atoms with Gasteiger partial charge in [0.25, 0.3) is 0 Å². The highest BCUT2D eigenvalue weighted by Gasteiger charge is 2.19. The number of hydrogen-bond acceptors (Lipinski definition) is 9. The monoisotopic (exact) mass is 606 g/mol. The van der Waals surface area contributed by atoms with Crippen molar-refractivity contribution in [1.29, 1.82) is 0 Å². The molecule has 1 aromatic heterocycles. The number of piperazine rings is 1. The van der Waals surface area contributed by atoms with Crippen molar-refractivity contribution < 1.29 is 19.0 Å². The third-order valence-corrected chi connectivity index (χ3v) is 8.57. The maximum absolute atomic E-state index is 9.21. The molecule has 232 valence electrons. The lowest BCUT2D eigenvalue weighted by atomic mass is 10.1. The molecule has 0 atom stereocenters. The molecule has 1 fully saturated rings. The zero-order valence-corrected chi connectivity index (χ0v) is 27.1. The number of rotatable bonds is 14. The van der Waals surface area contributed by atoms with Crippen molar-refractivity contribution in [3.8, 4) is 11.5 Å². The fourth-order valence-corrected chi connectivity index (χ4v) is 5.86. The van der Waals surface area contributed by atoms with E-state index in [9.17, 15) is 5.11 Å². The van der Waals surface area contributed by atoms with Crippen LogP contribution < -0.4 is 9.47 Å². The van der Waals surface area contributed by atoms with Gasteiger partial charge in [0.05, 0.1) is 35.5 Å². The average molecular weight is 607 g/mol. The van der Waals surface area contributed by atoms with E-state index in [1.165, 1.54) is 5.57 Å². The summed E-state index contributed by atoms with van der Waals surface area (Å²) in [6.45, 7) is 22.0. The number of aliphatic hydroxyl groups is 1. The quantitative estimate of drug-likeness (QED) is 0.245. The Bertz CT molecular complexity index is 1410. The van der Waals surface area contributed by atoms with Crippen molar-refractivity contribution in [3.63, 3.8) is 0 Å². The number of β-amino-alcohol motifs (C(OH)–C–C–N with tert-alkyl or cyclic N) is 1. The minimum atomic E-state index is 0.202. The van der Waals surface area contributed by atoms with E-state index in [4.69, 9.17) is 13.9 Å². The summed E-state index contributed by atoms with van der Waals surface area (Å²) >= 11 is 1.65. The first kappa shape index (κ1) is 32.5. The van der Waals surface area contributed by atoms with Crippen LogP contribution in [0.25, 0.3) is 16.5 Å². The van der Waals surface area contributed by atoms with Crippen molar-refractivity contribution in [2.24, 2.45) is 11.0 Å². The van der Waals surface area contributed by atoms with Crippen LogP contribution in [0.5, 0.6) is 11.5 Å². The molecule has 2 aliphatic heterocycles. The van der Waals surface area contributed by atoms with Crippen LogP contribution in [0.3, 0.4) is 0 Å². The number of hydrazone groups is 1. The van der Waals surface area contributed by atoms with Crippen molar-refractivity contribution in [1.82, 2.24) is 14.8 Å². The zero-order chi connectivity index (χ0) is 30.9. The van der Waals surface area contributed by atoms with Crippen molar-refractivity contribution in [2.45, 2.75) is 40.5 Å². The van der Waals surface area contributed by atoms with E-state index < -0.39 is 0 Å². The third-order valence-electron chi connectivity index (χ3n) is 7.62. The summed E-state index contributed by atoms with van der Waals surface area (Å²) in [5.41, 5.74) is 4.65. The molecule has 0 bridgehead atoms. The highest BCUT2D eigenvalue weighted by atomic mass is 32.2. The maximum Gasteiger partial charge on any atom is 0.142 e. The van der Waals surface area contributed by atoms with Crippen LogP contribution in [0, 0.1) is 5.92 Å². The molecule has 0 saturated carbocycles. The highest BCUT2D eigenvalue weighted by molar-refractivity contribution is 8.05. The number of aliphatic hydroxyl groups excluding tert-OH is 1. The number of thioether (sulfide) groups is 1. The Hall–Kier alpha value is -3.40. The molecule has 2 aliphatic rings. The summed E-state index contributed by atoms with van der Waals surface area (Å²) in [5.74, 6) is 2.47. The van der Waals surface area contributed by atoms with Gasteiger partial charge < -0.3 is 23.9 Å². The maximum atomic E-state index is 9.21. The van der Waals surface area contributed by atoms with Gasteiger partial charge in [-0.1, -0.05) is 52.1 Å². The second-order valence-corrected chi connectivity index (χ2v) is 12.1. The van der Waals surface area contributed by atoms with Crippen LogP contribution in [0.4, 0.5) is 0 Å². The molecule has 0 amide bonds. The number of hydrogen-bond donors (Lipinski definition) is 1. The normalized spacial score (nSPS) is 16.8. The highest BCUT2D eigenvalue weighted by Crippen LogP contribution is 2.37. The molecule has 0 unspecified atom stereocenters. The molecule has 9 heteroatoms. The molecule has 0 spiro atoms. The van der Waals surface area contributed by atoms with Crippen LogP contribution in [0.15, 0.2) is 80.9 Å². The SMILES string of the molecule is C=C(S/C=C(/COc1cc(OC)cc2oc(/C(=C/N3N=C(C)C=CC3=C)CCC)cc12)C(C)C)N1CCN(CCO)CC1. The van der Waals surface area contributed by atoms with E-state index in [2.05, 4.69) is 60.3 Å². The number of nitrogens with zero attached hydrogens (tertiary/aromatic N) is 4. The molecular weight excluding hydrogens is 560 g/mol. The Balaban J connectivity index is 1.53. The summed E-state index contributed by atoms with van der Waals surface area (Å²) < 4.78 is 18.5. The average Bonchev–Trinajstić information content (AvgIpc) is 3.43. The largest absolute Gasteiger partial charge is 0.496 e. The molecule has 2 aromatic rings. The summed E-state index contributed by atoms with van der Waals surface area (Å²) in [7, 11) is 1.65. The number of benzene rings is 1. The standard InChI is InChI=1S/C34H46N4O4S/c1-8-9-28(21-38-26(5)11-10-25(4)35-38)32-20-31-33(18-30(40-7)19-34(31)42-32)41-22-29(24(2)3)23-43-27(6)37-14-12-36(13-15-37)16-17-39/h10-11,18-21,23-24,39H,5-6,8-9,12-17,22H2,1-4,7H3/b28-21+,29-23-. The van der Waals surface area contributed by atoms with Crippen molar-refractivity contribution >= 4 is 34.0 Å². The van der Waals surface area contributed by atoms with E-state index in [-0.39, 0.29) is 6.61 Å². The van der Waals surface area contributed by atoms with Gasteiger partial charge in [0.15, 0.2) is 0 Å². The Kier molecular flexibility index (Phi) is 11.6. The van der Waals surface area contributed by atoms with E-state index in [1.54, 1.807) is 18.9 Å². The van der Waals surface area contributed by atoms with Gasteiger partial charge in [0, 0.05) is 56.6 Å². The van der Waals surface area contributed by atoms with Crippen LogP contribution in [-0.4, -0.2) is 78.7 Å². The summed E-state index contributed by atoms with van der Waals surface area (Å²) in [6, 6.07) is 5.88. The number of furan rings is 1. The van der Waals surface area contributed by atoms with Crippen LogP contribution in [0.1, 0.15) is 46.3 Å². The molecule has 1 N–H and O–H groups in total. The van der Waals surface area contributed by atoms with E-state index in [0.717, 1.165) is 84.5 Å². The molecule has 1 saturated heterocycles. The van der Waals surface area contributed by atoms with E-state index in [0.29, 0.717) is 23.9 Å². The van der Waals surface area contributed by atoms with Gasteiger partial charge in [-0.3, -0.25) is 4.90 Å². The third kappa shape index (κ3) is 8.59. The van der Waals surface area contributed by atoms with Gasteiger partial charge in [-0.05, 0) is 48.5 Å². The first-order chi connectivity index (χ1) is 20.7. The van der Waals surface area contributed by atoms with Crippen LogP contribution in [0.2, 0.25) is 0 Å². The van der Waals surface area contributed by atoms with Gasteiger partial charge in [-0.15, -0.1) is 0 Å². The lowest BCUT2D eigenvalue weighted by Crippen LogP contribution is -2.46. The van der Waals surface area contributed by atoms with Crippen molar-refractivity contribution in [3.05, 3.63) is 77.2 Å². The van der Waals surface area contributed by atoms with Gasteiger partial charge in [0.1, 0.15) is 29.4 Å². The Morgan fingerprint density at radius 3 is 2.63 bits per heavy atom. The number of methoxy groups -OCH3 is 1. The van der Waals surface area contributed by atoms with Crippen molar-refractivity contribution in [2.75, 3.05) is 53.0 Å². The van der Waals surface area contributed by atoms with Gasteiger partial charge >= 0.3 is 0 Å². The Labute approximate surface area is 260 Å². The topological polar surface area (TPSA) is 73.9 Å². The van der Waals surface area contributed by atoms with Gasteiger partial charge in [-0.25, -0.2) is 5.01 Å². The minimum Gasteiger partial charge on any atom is -0.496 e. The predicted molar refractivity (Wildman–Crippen MR) is 179 cm³/mol. The predicted octanol–water partition coefficient (Wildman–Crippen LogP) is 7.08. The number of allylic oxidation sites excluding steroid dienone is 3. The zero-order valence-electron chi connectivity index (χ0n) is 26.3. The Morgan fingerprint density at radius 2 is 1.95 bits per heavy atom. The van der Waals surface area contributed by atoms with Crippen LogP contribution in [-0.2, 0) is 0 Å². The second kappa shape index (κ2) is 15.4. The smallest absolute Gasteiger partial charge is 0.142 e. The fraction of sp³-hybridized carbons (Fsp3) is 0.441. The molecule has 43 heavy (non-hydrogen) atoms. The fourth-order valence-electron chi connectivity index (χ4n) is 4.90. The summed E-state index contributed by atoms with van der Waals surface area (Å²) in [6.07, 6.45) is 7.71. The molecule has 4 rings (SSSR count). The first-order valence-corrected chi connectivity index (χ1v) is 15.9. The summed E-state index contributed by atoms with van der Waals surface area (Å²) in [5, 5.41) is 19.8. The molecule has 0 aliphatic carbocycles. The molecule has 0 radical (unpaired) electrons. The summed E-state index contributed by atoms with van der Waals surface area (Å²) in [4.78, 5) is 4.60. The van der Waals surface area contributed by atoms with E-state index in [1.807, 2.05) is 42.4 Å². The lowest BCUT2D eigenvalue weighted by Gasteiger charge is -2.36. The number of ether oxygens (including phenoxy) is 2. The van der Waals surface area contributed by atoms with E-state index >= 15 is 0 Å². The Morgan fingerprint density at radius 1 is 1.19 bits per heavy atom. The molecule has 1 aromatic carbocycles.